The molecule has 2 aromatic rings. The normalized spacial score (nSPS) is 13.4. The van der Waals surface area contributed by atoms with Gasteiger partial charge in [-0.25, -0.2) is 0 Å². The number of nitrogens with zero attached hydrogens (tertiary/aromatic N) is 3. The number of rotatable bonds is 4. The molecule has 0 unspecified atom stereocenters. The van der Waals surface area contributed by atoms with Gasteiger partial charge in [0.05, 0.1) is 31.0 Å². The maximum atomic E-state index is 12.6. The van der Waals surface area contributed by atoms with E-state index in [2.05, 4.69) is 10.4 Å². The van der Waals surface area contributed by atoms with E-state index in [1.165, 1.54) is 12.1 Å². The standard InChI is InChI=1S/C17H20N4O4/c1-3-16(23)18-9-12-7-13-10-20(4-5-21(13)19-12)17(24)15-8-14(22)6-11(2)25-15/h6-8H,3-5,9-10H2,1-2H3,(H,18,23). The van der Waals surface area contributed by atoms with E-state index in [0.717, 1.165) is 11.4 Å². The third-order valence-electron chi connectivity index (χ3n) is 4.02. The second-order valence-corrected chi connectivity index (χ2v) is 5.98. The highest BCUT2D eigenvalue weighted by atomic mass is 16.3. The molecule has 2 aromatic heterocycles. The van der Waals surface area contributed by atoms with E-state index in [-0.39, 0.29) is 23.0 Å². The zero-order valence-electron chi connectivity index (χ0n) is 14.2. The fourth-order valence-corrected chi connectivity index (χ4v) is 2.76. The second-order valence-electron chi connectivity index (χ2n) is 5.98. The van der Waals surface area contributed by atoms with E-state index >= 15 is 0 Å². The Hall–Kier alpha value is -2.90. The van der Waals surface area contributed by atoms with Gasteiger partial charge in [-0.2, -0.15) is 5.10 Å². The average Bonchev–Trinajstić information content (AvgIpc) is 3.00. The van der Waals surface area contributed by atoms with Crippen molar-refractivity contribution in [1.82, 2.24) is 20.0 Å². The Bertz CT molecular complexity index is 868. The van der Waals surface area contributed by atoms with Crippen molar-refractivity contribution in [3.8, 4) is 0 Å². The number of nitrogens with one attached hydrogen (secondary N) is 1. The Labute approximate surface area is 144 Å². The fraction of sp³-hybridized carbons (Fsp3) is 0.412. The first-order valence-corrected chi connectivity index (χ1v) is 8.19. The first-order valence-electron chi connectivity index (χ1n) is 8.19. The van der Waals surface area contributed by atoms with Crippen molar-refractivity contribution in [2.24, 2.45) is 0 Å². The predicted octanol–water partition coefficient (Wildman–Crippen LogP) is 0.827. The molecule has 0 aliphatic carbocycles. The monoisotopic (exact) mass is 344 g/mol. The highest BCUT2D eigenvalue weighted by Crippen LogP contribution is 2.16. The van der Waals surface area contributed by atoms with Crippen molar-refractivity contribution in [3.63, 3.8) is 0 Å². The largest absolute Gasteiger partial charge is 0.456 e. The number of aromatic nitrogens is 2. The van der Waals surface area contributed by atoms with Gasteiger partial charge in [0.1, 0.15) is 5.76 Å². The minimum absolute atomic E-state index is 0.0303. The number of aryl methyl sites for hydroxylation is 1. The van der Waals surface area contributed by atoms with Crippen LogP contribution < -0.4 is 10.7 Å². The molecule has 0 atom stereocenters. The molecule has 0 radical (unpaired) electrons. The lowest BCUT2D eigenvalue weighted by molar-refractivity contribution is -0.120. The average molecular weight is 344 g/mol. The van der Waals surface area contributed by atoms with Gasteiger partial charge >= 0.3 is 0 Å². The van der Waals surface area contributed by atoms with Gasteiger partial charge in [-0.3, -0.25) is 19.1 Å². The number of hydrogen-bond donors (Lipinski definition) is 1. The SMILES string of the molecule is CCC(=O)NCc1cc2n(n1)CCN(C(=O)c1cc(=O)cc(C)o1)C2. The highest BCUT2D eigenvalue weighted by molar-refractivity contribution is 5.91. The number of fused-ring (bicyclic) bond motifs is 1. The zero-order chi connectivity index (χ0) is 18.0. The molecular formula is C17H20N4O4. The molecule has 1 aliphatic heterocycles. The predicted molar refractivity (Wildman–Crippen MR) is 88.8 cm³/mol. The van der Waals surface area contributed by atoms with Crippen molar-refractivity contribution in [2.45, 2.75) is 39.9 Å². The van der Waals surface area contributed by atoms with Crippen LogP contribution in [0.1, 0.15) is 41.0 Å². The molecule has 0 saturated carbocycles. The van der Waals surface area contributed by atoms with Gasteiger partial charge in [0.15, 0.2) is 11.2 Å². The third kappa shape index (κ3) is 3.78. The molecule has 0 aromatic carbocycles. The molecular weight excluding hydrogens is 324 g/mol. The van der Waals surface area contributed by atoms with Crippen molar-refractivity contribution < 1.29 is 14.0 Å². The van der Waals surface area contributed by atoms with Gasteiger partial charge in [0.2, 0.25) is 5.91 Å². The van der Waals surface area contributed by atoms with E-state index in [1.54, 1.807) is 18.7 Å². The summed E-state index contributed by atoms with van der Waals surface area (Å²) in [5.74, 6) is 0.117. The quantitative estimate of drug-likeness (QED) is 0.886. The van der Waals surface area contributed by atoms with Crippen molar-refractivity contribution in [1.29, 1.82) is 0 Å². The van der Waals surface area contributed by atoms with Crippen LogP contribution in [-0.4, -0.2) is 33.0 Å². The van der Waals surface area contributed by atoms with E-state index < -0.39 is 0 Å². The Balaban J connectivity index is 1.72. The molecule has 8 nitrogen and oxygen atoms in total. The summed E-state index contributed by atoms with van der Waals surface area (Å²) in [6.07, 6.45) is 0.428. The molecule has 1 N–H and O–H groups in total. The summed E-state index contributed by atoms with van der Waals surface area (Å²) in [6, 6.07) is 4.44. The molecule has 3 heterocycles. The van der Waals surface area contributed by atoms with E-state index in [4.69, 9.17) is 4.42 Å². The smallest absolute Gasteiger partial charge is 0.290 e. The summed E-state index contributed by atoms with van der Waals surface area (Å²) in [5, 5.41) is 7.23. The molecule has 0 fully saturated rings. The van der Waals surface area contributed by atoms with Crippen LogP contribution >= 0.6 is 0 Å². The van der Waals surface area contributed by atoms with Gasteiger partial charge in [-0.15, -0.1) is 0 Å². The summed E-state index contributed by atoms with van der Waals surface area (Å²) < 4.78 is 7.22. The van der Waals surface area contributed by atoms with Gasteiger partial charge in [0.25, 0.3) is 5.91 Å². The summed E-state index contributed by atoms with van der Waals surface area (Å²) in [6.45, 7) is 5.21. The third-order valence-corrected chi connectivity index (χ3v) is 4.02. The second kappa shape index (κ2) is 6.92. The van der Waals surface area contributed by atoms with Crippen LogP contribution in [0.3, 0.4) is 0 Å². The van der Waals surface area contributed by atoms with E-state index in [1.807, 2.05) is 10.7 Å². The van der Waals surface area contributed by atoms with Gasteiger partial charge in [-0.1, -0.05) is 6.92 Å². The molecule has 2 amide bonds. The van der Waals surface area contributed by atoms with Gasteiger partial charge < -0.3 is 14.6 Å². The van der Waals surface area contributed by atoms with Crippen LogP contribution in [0.5, 0.6) is 0 Å². The maximum Gasteiger partial charge on any atom is 0.290 e. The van der Waals surface area contributed by atoms with E-state index in [9.17, 15) is 14.4 Å². The first kappa shape index (κ1) is 16.9. The van der Waals surface area contributed by atoms with Crippen LogP contribution in [0.25, 0.3) is 0 Å². The van der Waals surface area contributed by atoms with Crippen LogP contribution in [0, 0.1) is 6.92 Å². The lowest BCUT2D eigenvalue weighted by Crippen LogP contribution is -2.38. The molecule has 0 bridgehead atoms. The lowest BCUT2D eigenvalue weighted by atomic mass is 10.2. The molecule has 0 saturated heterocycles. The Kier molecular flexibility index (Phi) is 4.69. The topological polar surface area (TPSA) is 97.4 Å². The Morgan fingerprint density at radius 2 is 2.08 bits per heavy atom. The summed E-state index contributed by atoms with van der Waals surface area (Å²) in [4.78, 5) is 37.1. The Morgan fingerprint density at radius 3 is 2.80 bits per heavy atom. The maximum absolute atomic E-state index is 12.6. The van der Waals surface area contributed by atoms with Crippen molar-refractivity contribution in [3.05, 3.63) is 51.3 Å². The van der Waals surface area contributed by atoms with Gasteiger partial charge in [0, 0.05) is 25.1 Å². The lowest BCUT2D eigenvalue weighted by Gasteiger charge is -2.27. The van der Waals surface area contributed by atoms with E-state index in [0.29, 0.717) is 38.4 Å². The fourth-order valence-electron chi connectivity index (χ4n) is 2.76. The van der Waals surface area contributed by atoms with Crippen molar-refractivity contribution >= 4 is 11.8 Å². The Morgan fingerprint density at radius 1 is 1.28 bits per heavy atom. The van der Waals surface area contributed by atoms with Crippen molar-refractivity contribution in [2.75, 3.05) is 6.54 Å². The number of carbonyl (C=O) groups is 2. The number of carbonyl (C=O) groups excluding carboxylic acids is 2. The van der Waals surface area contributed by atoms with Gasteiger partial charge in [-0.05, 0) is 13.0 Å². The number of amides is 2. The molecule has 0 spiro atoms. The summed E-state index contributed by atoms with van der Waals surface area (Å²) in [7, 11) is 0. The van der Waals surface area contributed by atoms with Crippen LogP contribution in [0.15, 0.2) is 27.4 Å². The zero-order valence-corrected chi connectivity index (χ0v) is 14.2. The molecule has 1 aliphatic rings. The molecule has 132 valence electrons. The minimum atomic E-state index is -0.311. The minimum Gasteiger partial charge on any atom is -0.456 e. The summed E-state index contributed by atoms with van der Waals surface area (Å²) in [5.41, 5.74) is 1.40. The molecule has 25 heavy (non-hydrogen) atoms. The number of hydrogen-bond acceptors (Lipinski definition) is 5. The molecule has 3 rings (SSSR count). The summed E-state index contributed by atoms with van der Waals surface area (Å²) >= 11 is 0. The van der Waals surface area contributed by atoms with Crippen LogP contribution in [0.2, 0.25) is 0 Å². The highest BCUT2D eigenvalue weighted by Gasteiger charge is 2.25. The first-order chi connectivity index (χ1) is 12.0. The van der Waals surface area contributed by atoms with Crippen LogP contribution in [0.4, 0.5) is 0 Å². The molecule has 8 heteroatoms. The van der Waals surface area contributed by atoms with Crippen LogP contribution in [-0.2, 0) is 24.4 Å².